The fourth-order valence-electron chi connectivity index (χ4n) is 1.65. The Balaban J connectivity index is 1.93. The molecule has 1 saturated heterocycles. The van der Waals surface area contributed by atoms with Crippen LogP contribution in [-0.2, 0) is 4.74 Å². The van der Waals surface area contributed by atoms with E-state index in [1.54, 1.807) is 18.2 Å². The molecular weight excluding hydrogens is 208 g/mol. The summed E-state index contributed by atoms with van der Waals surface area (Å²) in [5, 5.41) is 8.81. The zero-order valence-electron chi connectivity index (χ0n) is 8.89. The molecule has 0 aromatic heterocycles. The third kappa shape index (κ3) is 2.73. The fraction of sp³-hybridized carbons (Fsp3) is 0.417. The van der Waals surface area contributed by atoms with Gasteiger partial charge in [0.15, 0.2) is 0 Å². The molecule has 1 aliphatic rings. The summed E-state index contributed by atoms with van der Waals surface area (Å²) in [6.45, 7) is 2.12. The Morgan fingerprint density at radius 3 is 3.12 bits per heavy atom. The SMILES string of the molecule is O=C(O)c1cccc(OCC2CCOC2)c1. The summed E-state index contributed by atoms with van der Waals surface area (Å²) in [6.07, 6.45) is 1.01. The highest BCUT2D eigenvalue weighted by Gasteiger charge is 2.16. The third-order valence-corrected chi connectivity index (χ3v) is 2.59. The van der Waals surface area contributed by atoms with Gasteiger partial charge in [-0.15, -0.1) is 0 Å². The number of benzene rings is 1. The topological polar surface area (TPSA) is 55.8 Å². The second-order valence-electron chi connectivity index (χ2n) is 3.87. The van der Waals surface area contributed by atoms with E-state index in [2.05, 4.69) is 0 Å². The van der Waals surface area contributed by atoms with Crippen molar-refractivity contribution in [2.45, 2.75) is 6.42 Å². The Morgan fingerprint density at radius 1 is 1.56 bits per heavy atom. The molecule has 1 unspecified atom stereocenters. The van der Waals surface area contributed by atoms with Crippen molar-refractivity contribution >= 4 is 5.97 Å². The van der Waals surface area contributed by atoms with E-state index in [-0.39, 0.29) is 5.56 Å². The summed E-state index contributed by atoms with van der Waals surface area (Å²) in [5.74, 6) is 0.0925. The summed E-state index contributed by atoms with van der Waals surface area (Å²) >= 11 is 0. The third-order valence-electron chi connectivity index (χ3n) is 2.59. The van der Waals surface area contributed by atoms with E-state index in [1.165, 1.54) is 6.07 Å². The summed E-state index contributed by atoms with van der Waals surface area (Å²) < 4.78 is 10.8. The summed E-state index contributed by atoms with van der Waals surface area (Å²) in [5.41, 5.74) is 0.250. The van der Waals surface area contributed by atoms with Crippen LogP contribution in [-0.4, -0.2) is 30.9 Å². The number of ether oxygens (including phenoxy) is 2. The first-order valence-electron chi connectivity index (χ1n) is 5.29. The van der Waals surface area contributed by atoms with Crippen molar-refractivity contribution in [2.24, 2.45) is 5.92 Å². The van der Waals surface area contributed by atoms with Crippen LogP contribution in [0.25, 0.3) is 0 Å². The van der Waals surface area contributed by atoms with Crippen molar-refractivity contribution in [3.05, 3.63) is 29.8 Å². The van der Waals surface area contributed by atoms with Crippen LogP contribution in [0.15, 0.2) is 24.3 Å². The molecule has 1 aromatic carbocycles. The summed E-state index contributed by atoms with van der Waals surface area (Å²) in [7, 11) is 0. The lowest BCUT2D eigenvalue weighted by molar-refractivity contribution is 0.0696. The minimum absolute atomic E-state index is 0.250. The van der Waals surface area contributed by atoms with E-state index in [0.29, 0.717) is 18.3 Å². The molecule has 1 heterocycles. The minimum atomic E-state index is -0.936. The van der Waals surface area contributed by atoms with Crippen LogP contribution in [0.3, 0.4) is 0 Å². The smallest absolute Gasteiger partial charge is 0.335 e. The highest BCUT2D eigenvalue weighted by Crippen LogP contribution is 2.17. The molecule has 0 spiro atoms. The van der Waals surface area contributed by atoms with Crippen LogP contribution in [0.2, 0.25) is 0 Å². The van der Waals surface area contributed by atoms with Crippen LogP contribution in [0.4, 0.5) is 0 Å². The largest absolute Gasteiger partial charge is 0.493 e. The lowest BCUT2D eigenvalue weighted by Gasteiger charge is -2.10. The molecule has 0 radical (unpaired) electrons. The van der Waals surface area contributed by atoms with Crippen LogP contribution in [0, 0.1) is 5.92 Å². The van der Waals surface area contributed by atoms with Crippen molar-refractivity contribution in [3.8, 4) is 5.75 Å². The van der Waals surface area contributed by atoms with E-state index >= 15 is 0 Å². The molecule has 0 aliphatic carbocycles. The molecule has 1 fully saturated rings. The number of hydrogen-bond acceptors (Lipinski definition) is 3. The monoisotopic (exact) mass is 222 g/mol. The van der Waals surface area contributed by atoms with Crippen molar-refractivity contribution < 1.29 is 19.4 Å². The quantitative estimate of drug-likeness (QED) is 0.844. The highest BCUT2D eigenvalue weighted by atomic mass is 16.5. The molecule has 1 N–H and O–H groups in total. The Hall–Kier alpha value is -1.55. The number of carboxylic acid groups (broad SMARTS) is 1. The van der Waals surface area contributed by atoms with E-state index in [4.69, 9.17) is 14.6 Å². The molecule has 0 saturated carbocycles. The molecule has 16 heavy (non-hydrogen) atoms. The molecule has 1 aliphatic heterocycles. The average Bonchev–Trinajstić information content (AvgIpc) is 2.79. The predicted octanol–water partition coefficient (Wildman–Crippen LogP) is 1.80. The summed E-state index contributed by atoms with van der Waals surface area (Å²) in [4.78, 5) is 10.7. The first-order chi connectivity index (χ1) is 7.75. The normalized spacial score (nSPS) is 19.6. The van der Waals surface area contributed by atoms with Gasteiger partial charge < -0.3 is 14.6 Å². The van der Waals surface area contributed by atoms with Gasteiger partial charge in [-0.3, -0.25) is 0 Å². The van der Waals surface area contributed by atoms with Gasteiger partial charge in [-0.25, -0.2) is 4.79 Å². The Morgan fingerprint density at radius 2 is 2.44 bits per heavy atom. The van der Waals surface area contributed by atoms with Gasteiger partial charge in [0.1, 0.15) is 5.75 Å². The number of rotatable bonds is 4. The first-order valence-corrected chi connectivity index (χ1v) is 5.29. The van der Waals surface area contributed by atoms with Crippen molar-refractivity contribution in [3.63, 3.8) is 0 Å². The van der Waals surface area contributed by atoms with Crippen molar-refractivity contribution in [1.29, 1.82) is 0 Å². The van der Waals surface area contributed by atoms with Crippen LogP contribution >= 0.6 is 0 Å². The van der Waals surface area contributed by atoms with Gasteiger partial charge >= 0.3 is 5.97 Å². The molecule has 0 bridgehead atoms. The molecule has 1 atom stereocenters. The fourth-order valence-corrected chi connectivity index (χ4v) is 1.65. The predicted molar refractivity (Wildman–Crippen MR) is 57.8 cm³/mol. The van der Waals surface area contributed by atoms with Crippen molar-refractivity contribution in [1.82, 2.24) is 0 Å². The van der Waals surface area contributed by atoms with E-state index in [1.807, 2.05) is 0 Å². The second-order valence-corrected chi connectivity index (χ2v) is 3.87. The highest BCUT2D eigenvalue weighted by molar-refractivity contribution is 5.87. The van der Waals surface area contributed by atoms with Gasteiger partial charge in [-0.1, -0.05) is 6.07 Å². The lowest BCUT2D eigenvalue weighted by Crippen LogP contribution is -2.11. The number of carbonyl (C=O) groups is 1. The maximum atomic E-state index is 10.7. The average molecular weight is 222 g/mol. The van der Waals surface area contributed by atoms with Crippen LogP contribution in [0.1, 0.15) is 16.8 Å². The van der Waals surface area contributed by atoms with Crippen molar-refractivity contribution in [2.75, 3.05) is 19.8 Å². The number of hydrogen-bond donors (Lipinski definition) is 1. The second kappa shape index (κ2) is 4.99. The molecular formula is C12H14O4. The first kappa shape index (κ1) is 11.0. The van der Waals surface area contributed by atoms with Gasteiger partial charge in [-0.2, -0.15) is 0 Å². The Bertz CT molecular complexity index is 369. The van der Waals surface area contributed by atoms with Gasteiger partial charge in [0, 0.05) is 12.5 Å². The minimum Gasteiger partial charge on any atom is -0.493 e. The van der Waals surface area contributed by atoms with E-state index < -0.39 is 5.97 Å². The molecule has 4 heteroatoms. The standard InChI is InChI=1S/C12H14O4/c13-12(14)10-2-1-3-11(6-10)16-8-9-4-5-15-7-9/h1-3,6,9H,4-5,7-8H2,(H,13,14). The van der Waals surface area contributed by atoms with E-state index in [0.717, 1.165) is 19.6 Å². The molecule has 4 nitrogen and oxygen atoms in total. The van der Waals surface area contributed by atoms with Crippen LogP contribution in [0.5, 0.6) is 5.75 Å². The molecule has 2 rings (SSSR count). The Kier molecular flexibility index (Phi) is 3.41. The zero-order chi connectivity index (χ0) is 11.4. The number of aromatic carboxylic acids is 1. The van der Waals surface area contributed by atoms with E-state index in [9.17, 15) is 4.79 Å². The van der Waals surface area contributed by atoms with Gasteiger partial charge in [-0.05, 0) is 24.6 Å². The molecule has 86 valence electrons. The summed E-state index contributed by atoms with van der Waals surface area (Å²) in [6, 6.07) is 6.54. The van der Waals surface area contributed by atoms with Crippen LogP contribution < -0.4 is 4.74 Å². The number of carboxylic acids is 1. The lowest BCUT2D eigenvalue weighted by atomic mass is 10.1. The molecule has 0 amide bonds. The van der Waals surface area contributed by atoms with Gasteiger partial charge in [0.05, 0.1) is 18.8 Å². The zero-order valence-corrected chi connectivity index (χ0v) is 8.89. The maximum Gasteiger partial charge on any atom is 0.335 e. The molecule has 1 aromatic rings. The van der Waals surface area contributed by atoms with Gasteiger partial charge in [0.25, 0.3) is 0 Å². The Labute approximate surface area is 93.8 Å². The van der Waals surface area contributed by atoms with Gasteiger partial charge in [0.2, 0.25) is 0 Å². The maximum absolute atomic E-state index is 10.7.